The van der Waals surface area contributed by atoms with Crippen LogP contribution in [-0.4, -0.2) is 38.8 Å². The first kappa shape index (κ1) is 10.9. The lowest BCUT2D eigenvalue weighted by atomic mass is 10.3. The molecule has 0 radical (unpaired) electrons. The number of aromatic carboxylic acids is 1. The fourth-order valence-corrected chi connectivity index (χ4v) is 0.857. The fraction of sp³-hybridized carbons (Fsp3) is 0.222. The molecule has 1 unspecified atom stereocenters. The van der Waals surface area contributed by atoms with E-state index in [1.54, 1.807) is 0 Å². The summed E-state index contributed by atoms with van der Waals surface area (Å²) in [5, 5.41) is 20.1. The lowest BCUT2D eigenvalue weighted by Gasteiger charge is -2.09. The third-order valence-corrected chi connectivity index (χ3v) is 1.56. The lowest BCUT2D eigenvalue weighted by Crippen LogP contribution is -2.22. The molecule has 1 aromatic heterocycles. The van der Waals surface area contributed by atoms with Gasteiger partial charge in [-0.25, -0.2) is 9.78 Å². The Morgan fingerprint density at radius 3 is 2.93 bits per heavy atom. The number of nitrogens with zero attached hydrogens (tertiary/aromatic N) is 2. The van der Waals surface area contributed by atoms with Gasteiger partial charge in [0, 0.05) is 0 Å². The van der Waals surface area contributed by atoms with Crippen molar-refractivity contribution < 1.29 is 15.0 Å². The van der Waals surface area contributed by atoms with Crippen LogP contribution in [0.1, 0.15) is 10.5 Å². The predicted molar refractivity (Wildman–Crippen MR) is 52.3 cm³/mol. The minimum atomic E-state index is -1.17. The van der Waals surface area contributed by atoms with Crippen LogP contribution in [0.2, 0.25) is 0 Å². The molecule has 78 valence electrons. The first-order chi connectivity index (χ1) is 7.17. The van der Waals surface area contributed by atoms with Crippen LogP contribution in [0.5, 0.6) is 0 Å². The largest absolute Gasteiger partial charge is 0.476 e. The van der Waals surface area contributed by atoms with Gasteiger partial charge in [0.05, 0.1) is 19.0 Å². The predicted octanol–water partition coefficient (Wildman–Crippen LogP) is -0.419. The van der Waals surface area contributed by atoms with Crippen molar-refractivity contribution in [1.29, 1.82) is 0 Å². The van der Waals surface area contributed by atoms with Crippen molar-refractivity contribution in [2.24, 2.45) is 0 Å². The second-order valence-corrected chi connectivity index (χ2v) is 2.64. The summed E-state index contributed by atoms with van der Waals surface area (Å²) in [6.07, 6.45) is 7.54. The Hall–Kier alpha value is -2.13. The van der Waals surface area contributed by atoms with Gasteiger partial charge in [-0.2, -0.15) is 0 Å². The molecule has 0 aromatic carbocycles. The molecule has 0 aliphatic rings. The molecule has 1 atom stereocenters. The van der Waals surface area contributed by atoms with E-state index in [0.29, 0.717) is 0 Å². The number of rotatable bonds is 4. The Labute approximate surface area is 86.0 Å². The van der Waals surface area contributed by atoms with Crippen molar-refractivity contribution in [2.45, 2.75) is 6.04 Å². The van der Waals surface area contributed by atoms with E-state index in [4.69, 9.17) is 16.6 Å². The van der Waals surface area contributed by atoms with Gasteiger partial charge in [-0.05, 0) is 0 Å². The highest BCUT2D eigenvalue weighted by Crippen LogP contribution is 2.03. The Kier molecular flexibility index (Phi) is 3.60. The highest BCUT2D eigenvalue weighted by molar-refractivity contribution is 5.85. The number of terminal acetylenes is 1. The van der Waals surface area contributed by atoms with Crippen LogP contribution in [0.4, 0.5) is 5.82 Å². The van der Waals surface area contributed by atoms with Crippen LogP contribution in [0, 0.1) is 12.3 Å². The summed E-state index contributed by atoms with van der Waals surface area (Å²) >= 11 is 0. The van der Waals surface area contributed by atoms with E-state index in [0.717, 1.165) is 6.20 Å². The molecule has 3 N–H and O–H groups in total. The monoisotopic (exact) mass is 207 g/mol. The SMILES string of the molecule is C#CC(CO)Nc1cncc(C(=O)O)n1. The van der Waals surface area contributed by atoms with Crippen LogP contribution < -0.4 is 5.32 Å². The van der Waals surface area contributed by atoms with E-state index < -0.39 is 12.0 Å². The van der Waals surface area contributed by atoms with Gasteiger partial charge < -0.3 is 15.5 Å². The molecular weight excluding hydrogens is 198 g/mol. The standard InChI is InChI=1S/C9H9N3O3/c1-2-6(5-13)11-8-4-10-3-7(12-8)9(14)15/h1,3-4,6,13H,5H2,(H,11,12)(H,14,15). The number of aliphatic hydroxyl groups is 1. The molecular formula is C9H9N3O3. The minimum Gasteiger partial charge on any atom is -0.476 e. The quantitative estimate of drug-likeness (QED) is 0.580. The smallest absolute Gasteiger partial charge is 0.356 e. The van der Waals surface area contributed by atoms with Crippen molar-refractivity contribution in [1.82, 2.24) is 9.97 Å². The number of carboxylic acid groups (broad SMARTS) is 1. The fourth-order valence-electron chi connectivity index (χ4n) is 0.857. The number of carbonyl (C=O) groups is 1. The Morgan fingerprint density at radius 1 is 1.67 bits per heavy atom. The number of carboxylic acids is 1. The third-order valence-electron chi connectivity index (χ3n) is 1.56. The van der Waals surface area contributed by atoms with Gasteiger partial charge in [0.25, 0.3) is 0 Å². The number of aromatic nitrogens is 2. The molecule has 0 spiro atoms. The summed E-state index contributed by atoms with van der Waals surface area (Å²) in [5.41, 5.74) is -0.186. The van der Waals surface area contributed by atoms with Crippen molar-refractivity contribution in [3.63, 3.8) is 0 Å². The number of nitrogens with one attached hydrogen (secondary N) is 1. The zero-order valence-electron chi connectivity index (χ0n) is 7.71. The van der Waals surface area contributed by atoms with Crippen LogP contribution in [0.15, 0.2) is 12.4 Å². The maximum Gasteiger partial charge on any atom is 0.356 e. The molecule has 15 heavy (non-hydrogen) atoms. The van der Waals surface area contributed by atoms with Crippen molar-refractivity contribution in [3.05, 3.63) is 18.1 Å². The van der Waals surface area contributed by atoms with E-state index in [1.165, 1.54) is 6.20 Å². The number of aliphatic hydroxyl groups excluding tert-OH is 1. The van der Waals surface area contributed by atoms with Crippen LogP contribution >= 0.6 is 0 Å². The van der Waals surface area contributed by atoms with Crippen molar-refractivity contribution >= 4 is 11.8 Å². The minimum absolute atomic E-state index is 0.186. The summed E-state index contributed by atoms with van der Waals surface area (Å²) in [7, 11) is 0. The van der Waals surface area contributed by atoms with E-state index in [-0.39, 0.29) is 18.1 Å². The highest BCUT2D eigenvalue weighted by atomic mass is 16.4. The average Bonchev–Trinajstić information content (AvgIpc) is 2.26. The highest BCUT2D eigenvalue weighted by Gasteiger charge is 2.08. The maximum absolute atomic E-state index is 10.6. The summed E-state index contributed by atoms with van der Waals surface area (Å²) in [5.74, 6) is 1.31. The Bertz CT molecular complexity index is 400. The molecule has 0 fully saturated rings. The molecule has 6 nitrogen and oxygen atoms in total. The molecule has 1 rings (SSSR count). The molecule has 0 saturated carbocycles. The summed E-state index contributed by atoms with van der Waals surface area (Å²) in [4.78, 5) is 18.0. The molecule has 0 aliphatic heterocycles. The molecule has 0 aliphatic carbocycles. The van der Waals surface area contributed by atoms with E-state index in [1.807, 2.05) is 0 Å². The second kappa shape index (κ2) is 4.93. The topological polar surface area (TPSA) is 95.3 Å². The van der Waals surface area contributed by atoms with Gasteiger partial charge >= 0.3 is 5.97 Å². The first-order valence-corrected chi connectivity index (χ1v) is 4.06. The summed E-state index contributed by atoms with van der Waals surface area (Å²) in [6.45, 7) is -0.268. The van der Waals surface area contributed by atoms with Gasteiger partial charge in [-0.3, -0.25) is 4.98 Å². The van der Waals surface area contributed by atoms with Crippen LogP contribution in [0.3, 0.4) is 0 Å². The van der Waals surface area contributed by atoms with Crippen molar-refractivity contribution in [3.8, 4) is 12.3 Å². The van der Waals surface area contributed by atoms with E-state index in [2.05, 4.69) is 21.2 Å². The average molecular weight is 207 g/mol. The Balaban J connectivity index is 2.83. The lowest BCUT2D eigenvalue weighted by molar-refractivity contribution is 0.0690. The van der Waals surface area contributed by atoms with Gasteiger partial charge in [0.2, 0.25) is 0 Å². The molecule has 0 bridgehead atoms. The van der Waals surface area contributed by atoms with Gasteiger partial charge in [0.1, 0.15) is 11.9 Å². The number of hydrogen-bond acceptors (Lipinski definition) is 5. The second-order valence-electron chi connectivity index (χ2n) is 2.64. The molecule has 1 aromatic rings. The molecule has 1 heterocycles. The molecule has 0 amide bonds. The number of anilines is 1. The van der Waals surface area contributed by atoms with Crippen LogP contribution in [-0.2, 0) is 0 Å². The third kappa shape index (κ3) is 2.93. The van der Waals surface area contributed by atoms with Gasteiger partial charge in [0.15, 0.2) is 5.69 Å². The molecule has 6 heteroatoms. The Morgan fingerprint density at radius 2 is 2.40 bits per heavy atom. The zero-order chi connectivity index (χ0) is 11.3. The summed E-state index contributed by atoms with van der Waals surface area (Å²) < 4.78 is 0. The van der Waals surface area contributed by atoms with E-state index >= 15 is 0 Å². The first-order valence-electron chi connectivity index (χ1n) is 4.06. The van der Waals surface area contributed by atoms with Gasteiger partial charge in [-0.15, -0.1) is 6.42 Å². The van der Waals surface area contributed by atoms with Crippen LogP contribution in [0.25, 0.3) is 0 Å². The maximum atomic E-state index is 10.6. The van der Waals surface area contributed by atoms with Gasteiger partial charge in [-0.1, -0.05) is 5.92 Å². The zero-order valence-corrected chi connectivity index (χ0v) is 7.71. The molecule has 0 saturated heterocycles. The normalized spacial score (nSPS) is 11.5. The number of hydrogen-bond donors (Lipinski definition) is 3. The van der Waals surface area contributed by atoms with E-state index in [9.17, 15) is 4.79 Å². The van der Waals surface area contributed by atoms with Crippen molar-refractivity contribution in [2.75, 3.05) is 11.9 Å². The summed E-state index contributed by atoms with van der Waals surface area (Å²) in [6, 6.07) is -0.608.